The Morgan fingerprint density at radius 1 is 1.07 bits per heavy atom. The molecule has 3 fully saturated rings. The maximum absolute atomic E-state index is 14.9. The lowest BCUT2D eigenvalue weighted by Gasteiger charge is -2.35. The van der Waals surface area contributed by atoms with Crippen LogP contribution in [0.5, 0.6) is 11.5 Å². The van der Waals surface area contributed by atoms with Crippen LogP contribution in [0.1, 0.15) is 52.0 Å². The highest BCUT2D eigenvalue weighted by atomic mass is 35.5. The number of sulfonamides is 1. The first-order valence-corrected chi connectivity index (χ1v) is 21.8. The predicted molar refractivity (Wildman–Crippen MR) is 219 cm³/mol. The molecule has 60 heavy (non-hydrogen) atoms. The van der Waals surface area contributed by atoms with Gasteiger partial charge in [0.05, 0.1) is 30.2 Å². The molecular formula is C41H42ClF4N5O7S2. The molecule has 3 N–H and O–H groups in total. The van der Waals surface area contributed by atoms with Gasteiger partial charge >= 0.3 is 6.18 Å². The number of benzene rings is 3. The average Bonchev–Trinajstić information content (AvgIpc) is 4.07. The van der Waals surface area contributed by atoms with Gasteiger partial charge in [-0.3, -0.25) is 19.1 Å². The molecule has 3 amide bonds. The van der Waals surface area contributed by atoms with Crippen LogP contribution in [0.15, 0.2) is 66.6 Å². The summed E-state index contributed by atoms with van der Waals surface area (Å²) in [5, 5.41) is 8.55. The van der Waals surface area contributed by atoms with Crippen LogP contribution >= 0.6 is 22.9 Å². The fraction of sp³-hybridized carbons (Fsp3) is 0.415. The normalized spacial score (nSPS) is 22.2. The maximum Gasteiger partial charge on any atom is 0.416 e. The van der Waals surface area contributed by atoms with Crippen molar-refractivity contribution in [3.63, 3.8) is 0 Å². The van der Waals surface area contributed by atoms with Gasteiger partial charge in [0.15, 0.2) is 5.13 Å². The maximum atomic E-state index is 14.9. The van der Waals surface area contributed by atoms with Crippen LogP contribution in [0.4, 0.5) is 22.7 Å². The number of halogens is 5. The first-order valence-electron chi connectivity index (χ1n) is 19.0. The van der Waals surface area contributed by atoms with Gasteiger partial charge in [0.25, 0.3) is 5.91 Å². The number of hydrogen-bond acceptors (Lipinski definition) is 10. The van der Waals surface area contributed by atoms with Crippen molar-refractivity contribution >= 4 is 66.6 Å². The number of carbonyl (C=O) groups is 3. The number of thiazole rings is 1. The molecule has 5 atom stereocenters. The number of carbonyl (C=O) groups excluding carboxylic acids is 3. The number of aromatic nitrogens is 1. The molecule has 1 aromatic heterocycles. The van der Waals surface area contributed by atoms with Crippen molar-refractivity contribution in [2.45, 2.75) is 81.6 Å². The van der Waals surface area contributed by atoms with Gasteiger partial charge in [-0.2, -0.15) is 13.2 Å². The summed E-state index contributed by atoms with van der Waals surface area (Å²) < 4.78 is 94.3. The Balaban J connectivity index is 1.19. The van der Waals surface area contributed by atoms with Gasteiger partial charge in [-0.25, -0.2) is 17.8 Å². The van der Waals surface area contributed by atoms with Gasteiger partial charge in [-0.05, 0) is 73.2 Å². The zero-order valence-corrected chi connectivity index (χ0v) is 35.3. The van der Waals surface area contributed by atoms with E-state index in [1.54, 1.807) is 51.1 Å². The Labute approximate surface area is 352 Å². The van der Waals surface area contributed by atoms with Crippen molar-refractivity contribution in [2.24, 2.45) is 11.3 Å². The van der Waals surface area contributed by atoms with E-state index in [1.807, 2.05) is 0 Å². The highest BCUT2D eigenvalue weighted by molar-refractivity contribution is 7.91. The van der Waals surface area contributed by atoms with E-state index in [4.69, 9.17) is 21.1 Å². The number of anilines is 1. The largest absolute Gasteiger partial charge is 0.496 e. The number of nitrogens with one attached hydrogen (secondary N) is 3. The quantitative estimate of drug-likeness (QED) is 0.0925. The van der Waals surface area contributed by atoms with Crippen LogP contribution in [0.2, 0.25) is 5.02 Å². The predicted octanol–water partition coefficient (Wildman–Crippen LogP) is 7.33. The number of ether oxygens (including phenoxy) is 2. The van der Waals surface area contributed by atoms with Crippen LogP contribution in [0.3, 0.4) is 0 Å². The Bertz CT molecular complexity index is 2490. The van der Waals surface area contributed by atoms with Crippen LogP contribution < -0.4 is 24.8 Å². The summed E-state index contributed by atoms with van der Waals surface area (Å²) in [5.41, 5.74) is -3.75. The number of nitrogens with zero attached hydrogens (tertiary/aromatic N) is 2. The Morgan fingerprint density at radius 3 is 2.40 bits per heavy atom. The number of likely N-dealkylation sites (tertiary alicyclic amines) is 1. The smallest absolute Gasteiger partial charge is 0.416 e. The Morgan fingerprint density at radius 2 is 1.78 bits per heavy atom. The topological polar surface area (TPSA) is 156 Å². The van der Waals surface area contributed by atoms with E-state index in [0.717, 1.165) is 23.5 Å². The lowest BCUT2D eigenvalue weighted by Crippen LogP contribution is -2.58. The van der Waals surface area contributed by atoms with Crippen molar-refractivity contribution in [3.05, 3.63) is 83.0 Å². The summed E-state index contributed by atoms with van der Waals surface area (Å²) in [6.07, 6.45) is -3.16. The standard InChI is InChI=1S/C41H42ClF4N5O7S2/c1-6-21-18-40(21,37(54)50-60(55,56)25-9-10-25)49-35(52)31-17-24(58-33-14-13-32(57-5)26-12-8-23(42)16-28(26)33)19-51(31)36(53)34(39(2,3)4)48-38-47-30(20-59-38)27-11-7-22(15-29(27)43)41(44,45)46/h6-8,11-16,20-21,24-25,31,34H,1,9-10,17-19H2,2-5H3,(H,47,48)(H,49,52)(H,50,54)/t21-,24-,31+,34-,40-/m1/s1. The molecule has 1 saturated heterocycles. The lowest BCUT2D eigenvalue weighted by molar-refractivity contribution is -0.141. The van der Waals surface area contributed by atoms with E-state index in [1.165, 1.54) is 23.5 Å². The lowest BCUT2D eigenvalue weighted by atomic mass is 9.85. The number of methoxy groups -OCH3 is 1. The molecule has 2 heterocycles. The van der Waals surface area contributed by atoms with Crippen LogP contribution in [0.25, 0.3) is 22.0 Å². The number of alkyl halides is 3. The van der Waals surface area contributed by atoms with E-state index in [2.05, 4.69) is 26.9 Å². The fourth-order valence-electron chi connectivity index (χ4n) is 7.42. The molecule has 320 valence electrons. The number of hydrogen-bond donors (Lipinski definition) is 3. The highest BCUT2D eigenvalue weighted by Crippen LogP contribution is 2.46. The summed E-state index contributed by atoms with van der Waals surface area (Å²) in [6, 6.07) is 8.43. The minimum absolute atomic E-state index is 0.0338. The molecule has 0 radical (unpaired) electrons. The molecule has 1 aliphatic heterocycles. The minimum Gasteiger partial charge on any atom is -0.496 e. The second-order valence-electron chi connectivity index (χ2n) is 16.3. The van der Waals surface area contributed by atoms with Gasteiger partial charge in [0.1, 0.15) is 41.0 Å². The van der Waals surface area contributed by atoms with E-state index in [-0.39, 0.29) is 35.8 Å². The zero-order valence-electron chi connectivity index (χ0n) is 32.9. The summed E-state index contributed by atoms with van der Waals surface area (Å²) in [7, 11) is -2.43. The number of fused-ring (bicyclic) bond motifs is 1. The molecule has 12 nitrogen and oxygen atoms in total. The average molecular weight is 892 g/mol. The molecule has 2 aliphatic carbocycles. The minimum atomic E-state index is -4.74. The van der Waals surface area contributed by atoms with Gasteiger partial charge in [0.2, 0.25) is 21.8 Å². The molecule has 0 unspecified atom stereocenters. The van der Waals surface area contributed by atoms with E-state index >= 15 is 0 Å². The molecule has 19 heteroatoms. The van der Waals surface area contributed by atoms with Crippen molar-refractivity contribution in [3.8, 4) is 22.8 Å². The van der Waals surface area contributed by atoms with E-state index < -0.39 is 85.6 Å². The summed E-state index contributed by atoms with van der Waals surface area (Å²) >= 11 is 7.37. The summed E-state index contributed by atoms with van der Waals surface area (Å²) in [6.45, 7) is 8.99. The molecule has 3 aromatic carbocycles. The summed E-state index contributed by atoms with van der Waals surface area (Å²) in [4.78, 5) is 48.6. The monoisotopic (exact) mass is 891 g/mol. The molecule has 0 bridgehead atoms. The van der Waals surface area contributed by atoms with Crippen molar-refractivity contribution in [1.82, 2.24) is 19.9 Å². The first kappa shape index (κ1) is 43.2. The number of rotatable bonds is 13. The van der Waals surface area contributed by atoms with Gasteiger partial charge in [-0.15, -0.1) is 17.9 Å². The Hall–Kier alpha value is -4.94. The number of amides is 3. The fourth-order valence-corrected chi connectivity index (χ4v) is 9.70. The van der Waals surface area contributed by atoms with Crippen molar-refractivity contribution < 1.29 is 49.8 Å². The Kier molecular flexibility index (Phi) is 11.4. The molecule has 0 spiro atoms. The highest BCUT2D eigenvalue weighted by Gasteiger charge is 2.62. The van der Waals surface area contributed by atoms with Crippen LogP contribution in [-0.2, 0) is 30.6 Å². The molecule has 7 rings (SSSR count). The third-order valence-electron chi connectivity index (χ3n) is 11.0. The van der Waals surface area contributed by atoms with E-state index in [0.29, 0.717) is 46.2 Å². The van der Waals surface area contributed by atoms with Crippen LogP contribution in [-0.4, -0.2) is 78.7 Å². The van der Waals surface area contributed by atoms with Gasteiger partial charge < -0.3 is 25.0 Å². The van der Waals surface area contributed by atoms with Gasteiger partial charge in [-0.1, -0.05) is 38.4 Å². The third-order valence-corrected chi connectivity index (χ3v) is 13.8. The summed E-state index contributed by atoms with van der Waals surface area (Å²) in [5.74, 6) is -2.91. The molecule has 2 saturated carbocycles. The first-order chi connectivity index (χ1) is 28.1. The zero-order chi connectivity index (χ0) is 43.5. The molecular weight excluding hydrogens is 850 g/mol. The van der Waals surface area contributed by atoms with Crippen molar-refractivity contribution in [1.29, 1.82) is 0 Å². The van der Waals surface area contributed by atoms with E-state index in [9.17, 15) is 40.4 Å². The van der Waals surface area contributed by atoms with Crippen LogP contribution in [0, 0.1) is 17.2 Å². The van der Waals surface area contributed by atoms with Crippen molar-refractivity contribution in [2.75, 3.05) is 19.0 Å². The molecule has 3 aliphatic rings. The van der Waals surface area contributed by atoms with Gasteiger partial charge in [0, 0.05) is 39.1 Å². The second kappa shape index (κ2) is 15.8. The SMILES string of the molecule is C=C[C@@H]1C[C@]1(NC(=O)[C@@H]1C[C@@H](Oc2ccc(OC)c3ccc(Cl)cc23)CN1C(=O)[C@@H](Nc1nc(-c2ccc(C(F)(F)F)cc2F)cs1)C(C)(C)C)C(=O)NS(=O)(=O)C1CC1. The third kappa shape index (κ3) is 8.63. The molecule has 4 aromatic rings. The second-order valence-corrected chi connectivity index (χ2v) is 19.5.